The maximum atomic E-state index is 11.6. The molecular weight excluding hydrogens is 289 g/mol. The number of unbranched alkanes of at least 4 members (excludes halogenated alkanes) is 1. The van der Waals surface area contributed by atoms with Gasteiger partial charge in [0.15, 0.2) is 0 Å². The van der Waals surface area contributed by atoms with E-state index < -0.39 is 0 Å². The van der Waals surface area contributed by atoms with E-state index in [1.165, 1.54) is 0 Å². The molecule has 1 aromatic carbocycles. The van der Waals surface area contributed by atoms with Crippen molar-refractivity contribution in [2.24, 2.45) is 0 Å². The lowest BCUT2D eigenvalue weighted by Gasteiger charge is -2.08. The van der Waals surface area contributed by atoms with Crippen LogP contribution in [-0.2, 0) is 4.79 Å². The second-order valence-corrected chi connectivity index (χ2v) is 4.80. The lowest BCUT2D eigenvalue weighted by molar-refractivity contribution is -0.116. The Morgan fingerprint density at radius 3 is 2.88 bits per heavy atom. The normalized spacial score (nSPS) is 10.2. The number of alkyl halides is 1. The van der Waals surface area contributed by atoms with Crippen molar-refractivity contribution in [2.75, 3.05) is 11.2 Å². The quantitative estimate of drug-likeness (QED) is 0.644. The van der Waals surface area contributed by atoms with Crippen molar-refractivity contribution in [2.45, 2.75) is 26.2 Å². The van der Waals surface area contributed by atoms with Crippen LogP contribution in [0.5, 0.6) is 0 Å². The van der Waals surface area contributed by atoms with E-state index in [0.29, 0.717) is 12.3 Å². The second kappa shape index (κ2) is 6.92. The summed E-state index contributed by atoms with van der Waals surface area (Å²) in [5.41, 5.74) is 1.94. The van der Waals surface area contributed by atoms with E-state index in [1.807, 2.05) is 25.1 Å². The maximum absolute atomic E-state index is 11.6. The molecule has 2 nitrogen and oxygen atoms in total. The van der Waals surface area contributed by atoms with Gasteiger partial charge in [0.05, 0.1) is 5.69 Å². The first-order valence-electron chi connectivity index (χ1n) is 5.26. The number of rotatable bonds is 5. The molecule has 0 spiro atoms. The van der Waals surface area contributed by atoms with Crippen LogP contribution in [0.3, 0.4) is 0 Å². The fraction of sp³-hybridized carbons (Fsp3) is 0.417. The molecule has 0 saturated carbocycles. The summed E-state index contributed by atoms with van der Waals surface area (Å²) in [7, 11) is 0. The molecule has 0 fully saturated rings. The lowest BCUT2D eigenvalue weighted by Crippen LogP contribution is -2.11. The Morgan fingerprint density at radius 2 is 2.19 bits per heavy atom. The minimum atomic E-state index is 0.0383. The van der Waals surface area contributed by atoms with E-state index in [4.69, 9.17) is 11.6 Å². The first kappa shape index (κ1) is 13.5. The van der Waals surface area contributed by atoms with E-state index in [9.17, 15) is 4.79 Å². The number of carbonyl (C=O) groups excluding carboxylic acids is 1. The molecule has 1 rings (SSSR count). The molecule has 0 atom stereocenters. The molecule has 0 heterocycles. The van der Waals surface area contributed by atoms with Gasteiger partial charge in [-0.1, -0.05) is 12.1 Å². The van der Waals surface area contributed by atoms with Gasteiger partial charge in [-0.25, -0.2) is 0 Å². The van der Waals surface area contributed by atoms with E-state index >= 15 is 0 Å². The molecule has 0 bridgehead atoms. The fourth-order valence-electron chi connectivity index (χ4n) is 1.34. The van der Waals surface area contributed by atoms with E-state index in [2.05, 4.69) is 21.2 Å². The van der Waals surface area contributed by atoms with Crippen LogP contribution >= 0.6 is 27.5 Å². The zero-order valence-corrected chi connectivity index (χ0v) is 11.6. The number of amides is 1. The van der Waals surface area contributed by atoms with E-state index in [1.54, 1.807) is 0 Å². The zero-order valence-electron chi connectivity index (χ0n) is 9.22. The summed E-state index contributed by atoms with van der Waals surface area (Å²) in [6.45, 7) is 1.99. The van der Waals surface area contributed by atoms with Gasteiger partial charge in [0.25, 0.3) is 0 Å². The smallest absolute Gasteiger partial charge is 0.224 e. The van der Waals surface area contributed by atoms with Crippen molar-refractivity contribution < 1.29 is 4.79 Å². The van der Waals surface area contributed by atoms with Crippen LogP contribution in [0.25, 0.3) is 0 Å². The maximum Gasteiger partial charge on any atom is 0.224 e. The summed E-state index contributed by atoms with van der Waals surface area (Å²) in [4.78, 5) is 11.6. The average molecular weight is 305 g/mol. The Kier molecular flexibility index (Phi) is 5.85. The van der Waals surface area contributed by atoms with Crippen LogP contribution < -0.4 is 5.32 Å². The van der Waals surface area contributed by atoms with Gasteiger partial charge >= 0.3 is 0 Å². The molecule has 0 aliphatic carbocycles. The SMILES string of the molecule is Cc1cccc(NC(=O)CCCCCl)c1Br. The number of carbonyl (C=O) groups is 1. The first-order valence-corrected chi connectivity index (χ1v) is 6.59. The van der Waals surface area contributed by atoms with Crippen LogP contribution in [0.1, 0.15) is 24.8 Å². The predicted molar refractivity (Wildman–Crippen MR) is 72.1 cm³/mol. The van der Waals surface area contributed by atoms with Crippen molar-refractivity contribution in [1.29, 1.82) is 0 Å². The molecule has 1 amide bonds. The summed E-state index contributed by atoms with van der Waals surface area (Å²) in [6.07, 6.45) is 2.23. The molecule has 0 unspecified atom stereocenters. The number of anilines is 1. The van der Waals surface area contributed by atoms with E-state index in [-0.39, 0.29) is 5.91 Å². The van der Waals surface area contributed by atoms with Gasteiger partial charge in [-0.15, -0.1) is 11.6 Å². The first-order chi connectivity index (χ1) is 7.65. The van der Waals surface area contributed by atoms with Gasteiger partial charge in [-0.05, 0) is 47.3 Å². The Morgan fingerprint density at radius 1 is 1.44 bits per heavy atom. The van der Waals surface area contributed by atoms with Gasteiger partial charge in [0.1, 0.15) is 0 Å². The topological polar surface area (TPSA) is 29.1 Å². The van der Waals surface area contributed by atoms with E-state index in [0.717, 1.165) is 28.6 Å². The number of benzene rings is 1. The Balaban J connectivity index is 2.53. The van der Waals surface area contributed by atoms with Crippen molar-refractivity contribution in [1.82, 2.24) is 0 Å². The molecule has 1 N–H and O–H groups in total. The van der Waals surface area contributed by atoms with Crippen LogP contribution in [0.4, 0.5) is 5.69 Å². The van der Waals surface area contributed by atoms with Gasteiger partial charge in [-0.2, -0.15) is 0 Å². The Hall–Kier alpha value is -0.540. The highest BCUT2D eigenvalue weighted by molar-refractivity contribution is 9.10. The molecule has 4 heteroatoms. The molecule has 0 aromatic heterocycles. The average Bonchev–Trinajstić information content (AvgIpc) is 2.25. The third-order valence-corrected chi connectivity index (χ3v) is 3.57. The third kappa shape index (κ3) is 4.14. The molecule has 0 saturated heterocycles. The molecule has 0 aliphatic heterocycles. The number of aryl methyl sites for hydroxylation is 1. The molecule has 0 aliphatic rings. The fourth-order valence-corrected chi connectivity index (χ4v) is 1.89. The molecule has 88 valence electrons. The van der Waals surface area contributed by atoms with Crippen LogP contribution in [0.2, 0.25) is 0 Å². The van der Waals surface area contributed by atoms with Crippen LogP contribution in [-0.4, -0.2) is 11.8 Å². The molecule has 16 heavy (non-hydrogen) atoms. The summed E-state index contributed by atoms with van der Waals surface area (Å²) in [5.74, 6) is 0.651. The number of hydrogen-bond donors (Lipinski definition) is 1. The highest BCUT2D eigenvalue weighted by atomic mass is 79.9. The minimum absolute atomic E-state index is 0.0383. The number of nitrogens with one attached hydrogen (secondary N) is 1. The monoisotopic (exact) mass is 303 g/mol. The zero-order chi connectivity index (χ0) is 12.0. The van der Waals surface area contributed by atoms with Crippen molar-refractivity contribution >= 4 is 39.1 Å². The Bertz CT molecular complexity index is 368. The number of hydrogen-bond acceptors (Lipinski definition) is 1. The van der Waals surface area contributed by atoms with Crippen molar-refractivity contribution in [3.63, 3.8) is 0 Å². The lowest BCUT2D eigenvalue weighted by atomic mass is 10.2. The van der Waals surface area contributed by atoms with Gasteiger partial charge in [0, 0.05) is 16.8 Å². The Labute approximate surface area is 110 Å². The van der Waals surface area contributed by atoms with Crippen molar-refractivity contribution in [3.05, 3.63) is 28.2 Å². The van der Waals surface area contributed by atoms with Gasteiger partial charge < -0.3 is 5.32 Å². The minimum Gasteiger partial charge on any atom is -0.325 e. The highest BCUT2D eigenvalue weighted by Crippen LogP contribution is 2.25. The predicted octanol–water partition coefficient (Wildman–Crippen LogP) is 4.11. The molecule has 1 aromatic rings. The molecule has 0 radical (unpaired) electrons. The summed E-state index contributed by atoms with van der Waals surface area (Å²) < 4.78 is 0.945. The largest absolute Gasteiger partial charge is 0.325 e. The van der Waals surface area contributed by atoms with Crippen LogP contribution in [0, 0.1) is 6.92 Å². The van der Waals surface area contributed by atoms with Gasteiger partial charge in [-0.3, -0.25) is 4.79 Å². The summed E-state index contributed by atoms with van der Waals surface area (Å²) in [6, 6.07) is 5.80. The highest BCUT2D eigenvalue weighted by Gasteiger charge is 2.06. The second-order valence-electron chi connectivity index (χ2n) is 3.63. The van der Waals surface area contributed by atoms with Crippen molar-refractivity contribution in [3.8, 4) is 0 Å². The standard InChI is InChI=1S/C12H15BrClNO/c1-9-5-4-6-10(12(9)13)15-11(16)7-2-3-8-14/h4-6H,2-3,7-8H2,1H3,(H,15,16). The van der Waals surface area contributed by atoms with Crippen LogP contribution in [0.15, 0.2) is 22.7 Å². The third-order valence-electron chi connectivity index (χ3n) is 2.25. The molecular formula is C12H15BrClNO. The number of halogens is 2. The van der Waals surface area contributed by atoms with Gasteiger partial charge in [0.2, 0.25) is 5.91 Å². The summed E-state index contributed by atoms with van der Waals surface area (Å²) >= 11 is 9.01. The summed E-state index contributed by atoms with van der Waals surface area (Å²) in [5, 5.41) is 2.88.